The maximum Gasteiger partial charge on any atom is 0.397 e. The molecule has 0 aliphatic heterocycles. The predicted molar refractivity (Wildman–Crippen MR) is 64.2 cm³/mol. The Morgan fingerprint density at radius 2 is 1.82 bits per heavy atom. The number of rotatable bonds is 4. The molecule has 4 nitrogen and oxygen atoms in total. The van der Waals surface area contributed by atoms with Gasteiger partial charge in [-0.15, -0.1) is 0 Å². The fourth-order valence-electron chi connectivity index (χ4n) is 1.45. The fraction of sp³-hybridized carbons (Fsp3) is 0.385. The molecule has 17 heavy (non-hydrogen) atoms. The number of esters is 1. The average Bonchev–Trinajstić information content (AvgIpc) is 2.36. The molecule has 0 unspecified atom stereocenters. The molecular formula is C13H17NO3. The second-order valence-corrected chi connectivity index (χ2v) is 3.53. The highest BCUT2D eigenvalue weighted by atomic mass is 16.5. The van der Waals surface area contributed by atoms with Gasteiger partial charge < -0.3 is 9.64 Å². The van der Waals surface area contributed by atoms with E-state index in [4.69, 9.17) is 4.74 Å². The summed E-state index contributed by atoms with van der Waals surface area (Å²) in [5.74, 6) is -1.37. The first kappa shape index (κ1) is 13.2. The highest BCUT2D eigenvalue weighted by Crippen LogP contribution is 2.05. The van der Waals surface area contributed by atoms with E-state index in [1.165, 1.54) is 4.90 Å². The van der Waals surface area contributed by atoms with Gasteiger partial charge in [0, 0.05) is 13.1 Å². The lowest BCUT2D eigenvalue weighted by atomic mass is 10.2. The Morgan fingerprint density at radius 3 is 2.35 bits per heavy atom. The zero-order chi connectivity index (χ0) is 12.7. The van der Waals surface area contributed by atoms with Crippen LogP contribution in [0.15, 0.2) is 30.3 Å². The van der Waals surface area contributed by atoms with Crippen LogP contribution in [0, 0.1) is 0 Å². The summed E-state index contributed by atoms with van der Waals surface area (Å²) in [4.78, 5) is 24.5. The summed E-state index contributed by atoms with van der Waals surface area (Å²) >= 11 is 0. The van der Waals surface area contributed by atoms with E-state index in [2.05, 4.69) is 0 Å². The van der Waals surface area contributed by atoms with Crippen molar-refractivity contribution in [3.8, 4) is 0 Å². The molecule has 92 valence electrons. The van der Waals surface area contributed by atoms with Gasteiger partial charge in [-0.25, -0.2) is 4.79 Å². The number of hydrogen-bond donors (Lipinski definition) is 0. The lowest BCUT2D eigenvalue weighted by Crippen LogP contribution is -2.37. The highest BCUT2D eigenvalue weighted by molar-refractivity contribution is 6.32. The van der Waals surface area contributed by atoms with Crippen molar-refractivity contribution >= 4 is 11.9 Å². The molecule has 1 rings (SSSR count). The molecule has 0 N–H and O–H groups in total. The number of carbonyl (C=O) groups is 2. The molecule has 0 aliphatic rings. The first-order chi connectivity index (χ1) is 8.19. The molecule has 0 radical (unpaired) electrons. The van der Waals surface area contributed by atoms with Crippen LogP contribution in [0.25, 0.3) is 0 Å². The van der Waals surface area contributed by atoms with Crippen molar-refractivity contribution in [3.63, 3.8) is 0 Å². The molecule has 0 bridgehead atoms. The zero-order valence-corrected chi connectivity index (χ0v) is 10.2. The first-order valence-electron chi connectivity index (χ1n) is 5.69. The molecule has 1 amide bonds. The topological polar surface area (TPSA) is 46.6 Å². The Kier molecular flexibility index (Phi) is 5.20. The minimum absolute atomic E-state index is 0.216. The summed E-state index contributed by atoms with van der Waals surface area (Å²) < 4.78 is 4.69. The van der Waals surface area contributed by atoms with Crippen LogP contribution >= 0.6 is 0 Å². The summed E-state index contributed by atoms with van der Waals surface area (Å²) in [6.07, 6.45) is 0. The normalized spacial score (nSPS) is 9.76. The molecule has 1 aromatic rings. The number of hydrogen-bond acceptors (Lipinski definition) is 3. The molecule has 0 spiro atoms. The van der Waals surface area contributed by atoms with Crippen molar-refractivity contribution in [2.45, 2.75) is 20.4 Å². The molecular weight excluding hydrogens is 218 g/mol. The van der Waals surface area contributed by atoms with Crippen LogP contribution in [0.3, 0.4) is 0 Å². The van der Waals surface area contributed by atoms with E-state index in [0.29, 0.717) is 13.1 Å². The van der Waals surface area contributed by atoms with E-state index >= 15 is 0 Å². The van der Waals surface area contributed by atoms with Gasteiger partial charge in [0.05, 0.1) is 6.61 Å². The van der Waals surface area contributed by atoms with Gasteiger partial charge in [-0.2, -0.15) is 0 Å². The second kappa shape index (κ2) is 6.68. The lowest BCUT2D eigenvalue weighted by molar-refractivity contribution is -0.160. The van der Waals surface area contributed by atoms with Crippen molar-refractivity contribution in [2.75, 3.05) is 13.2 Å². The Hall–Kier alpha value is -1.84. The number of benzene rings is 1. The van der Waals surface area contributed by atoms with Gasteiger partial charge in [-0.05, 0) is 19.4 Å². The van der Waals surface area contributed by atoms with E-state index < -0.39 is 11.9 Å². The van der Waals surface area contributed by atoms with Crippen LogP contribution in [-0.2, 0) is 20.9 Å². The number of nitrogens with zero attached hydrogens (tertiary/aromatic N) is 1. The molecule has 0 saturated carbocycles. The second-order valence-electron chi connectivity index (χ2n) is 3.53. The largest absolute Gasteiger partial charge is 0.459 e. The summed E-state index contributed by atoms with van der Waals surface area (Å²) in [5, 5.41) is 0. The van der Waals surface area contributed by atoms with E-state index in [-0.39, 0.29) is 6.61 Å². The molecule has 0 aliphatic carbocycles. The Morgan fingerprint density at radius 1 is 1.18 bits per heavy atom. The van der Waals surface area contributed by atoms with Gasteiger partial charge in [0.1, 0.15) is 0 Å². The van der Waals surface area contributed by atoms with Gasteiger partial charge in [0.25, 0.3) is 0 Å². The van der Waals surface area contributed by atoms with E-state index in [9.17, 15) is 9.59 Å². The number of likely N-dealkylation sites (N-methyl/N-ethyl adjacent to an activating group) is 1. The Balaban J connectivity index is 2.66. The quantitative estimate of drug-likeness (QED) is 0.588. The van der Waals surface area contributed by atoms with Crippen molar-refractivity contribution < 1.29 is 14.3 Å². The van der Waals surface area contributed by atoms with E-state index in [1.807, 2.05) is 37.3 Å². The summed E-state index contributed by atoms with van der Waals surface area (Å²) in [6.45, 7) is 4.63. The summed E-state index contributed by atoms with van der Waals surface area (Å²) in [6, 6.07) is 9.55. The van der Waals surface area contributed by atoms with Crippen molar-refractivity contribution in [3.05, 3.63) is 35.9 Å². The fourth-order valence-corrected chi connectivity index (χ4v) is 1.45. The maximum absolute atomic E-state index is 11.7. The summed E-state index contributed by atoms with van der Waals surface area (Å²) in [5.41, 5.74) is 0.993. The maximum atomic E-state index is 11.7. The first-order valence-corrected chi connectivity index (χ1v) is 5.69. The van der Waals surface area contributed by atoms with Gasteiger partial charge in [-0.1, -0.05) is 30.3 Å². The van der Waals surface area contributed by atoms with E-state index in [1.54, 1.807) is 6.92 Å². The molecule has 0 atom stereocenters. The molecule has 0 saturated heterocycles. The predicted octanol–water partition coefficient (Wildman–Crippen LogP) is 1.60. The minimum Gasteiger partial charge on any atom is -0.459 e. The number of ether oxygens (including phenoxy) is 1. The SMILES string of the molecule is CCOC(=O)C(=O)N(CC)Cc1ccccc1. The third kappa shape index (κ3) is 3.90. The monoisotopic (exact) mass is 235 g/mol. The van der Waals surface area contributed by atoms with Crippen LogP contribution < -0.4 is 0 Å². The number of carbonyl (C=O) groups excluding carboxylic acids is 2. The summed E-state index contributed by atoms with van der Waals surface area (Å²) in [7, 11) is 0. The van der Waals surface area contributed by atoms with Gasteiger partial charge >= 0.3 is 11.9 Å². The van der Waals surface area contributed by atoms with E-state index in [0.717, 1.165) is 5.56 Å². The smallest absolute Gasteiger partial charge is 0.397 e. The number of amides is 1. The molecule has 0 aromatic heterocycles. The van der Waals surface area contributed by atoms with Gasteiger partial charge in [0.15, 0.2) is 0 Å². The zero-order valence-electron chi connectivity index (χ0n) is 10.2. The molecule has 0 heterocycles. The van der Waals surface area contributed by atoms with Crippen LogP contribution in [-0.4, -0.2) is 29.9 Å². The average molecular weight is 235 g/mol. The minimum atomic E-state index is -0.787. The molecule has 0 fully saturated rings. The standard InChI is InChI=1S/C13H17NO3/c1-3-14(12(15)13(16)17-4-2)10-11-8-6-5-7-9-11/h5-9H,3-4,10H2,1-2H3. The van der Waals surface area contributed by atoms with Gasteiger partial charge in [0.2, 0.25) is 0 Å². The Bertz CT molecular complexity index is 376. The third-order valence-electron chi connectivity index (χ3n) is 2.34. The highest BCUT2D eigenvalue weighted by Gasteiger charge is 2.21. The van der Waals surface area contributed by atoms with Crippen molar-refractivity contribution in [1.82, 2.24) is 4.90 Å². The lowest BCUT2D eigenvalue weighted by Gasteiger charge is -2.19. The van der Waals surface area contributed by atoms with Crippen molar-refractivity contribution in [2.24, 2.45) is 0 Å². The van der Waals surface area contributed by atoms with Crippen LogP contribution in [0.1, 0.15) is 19.4 Å². The molecule has 4 heteroatoms. The van der Waals surface area contributed by atoms with Crippen molar-refractivity contribution in [1.29, 1.82) is 0 Å². The third-order valence-corrected chi connectivity index (χ3v) is 2.34. The van der Waals surface area contributed by atoms with Crippen LogP contribution in [0.5, 0.6) is 0 Å². The molecule has 1 aromatic carbocycles. The van der Waals surface area contributed by atoms with Crippen LogP contribution in [0.2, 0.25) is 0 Å². The van der Waals surface area contributed by atoms with Gasteiger partial charge in [-0.3, -0.25) is 4.79 Å². The Labute approximate surface area is 101 Å². The van der Waals surface area contributed by atoms with Crippen LogP contribution in [0.4, 0.5) is 0 Å².